The summed E-state index contributed by atoms with van der Waals surface area (Å²) in [5.74, 6) is -0.641. The topological polar surface area (TPSA) is 133 Å². The molecule has 1 saturated carbocycles. The number of carboxylic acid groups (broad SMARTS) is 1. The third-order valence-electron chi connectivity index (χ3n) is 6.64. The zero-order chi connectivity index (χ0) is 26.0. The molecule has 3 aromatic rings. The molecule has 2 fully saturated rings. The number of aromatic nitrogens is 3. The summed E-state index contributed by atoms with van der Waals surface area (Å²) in [4.78, 5) is 31.0. The summed E-state index contributed by atoms with van der Waals surface area (Å²) in [6.45, 7) is 3.82. The zero-order valence-corrected chi connectivity index (χ0v) is 19.2. The minimum atomic E-state index is -5.08. The summed E-state index contributed by atoms with van der Waals surface area (Å²) in [5.41, 5.74) is 4.41. The number of piperidine rings is 1. The number of carbonyl (C=O) groups excluding carboxylic acids is 1. The van der Waals surface area contributed by atoms with Gasteiger partial charge in [0.1, 0.15) is 0 Å². The standard InChI is InChI=1S/C21H24N6O2.C2HF3O2/c1-26-15(6-13-4-2-3-5-19(13)26)9-22-10-16-17-11-27(12-18(16)17)21-23-7-14(8-24-21)20(28)25-29;3-2(4,5)1(6)7/h2-8,16-18,22,29H,9-12H2,1H3,(H,25,28);(H,6,7). The number of nitrogens with zero attached hydrogens (tertiary/aromatic N) is 4. The first-order valence-corrected chi connectivity index (χ1v) is 11.2. The number of hydroxylamine groups is 1. The summed E-state index contributed by atoms with van der Waals surface area (Å²) in [5, 5.41) is 20.7. The van der Waals surface area contributed by atoms with Crippen LogP contribution in [0.25, 0.3) is 10.9 Å². The molecule has 4 N–H and O–H groups in total. The molecule has 10 nitrogen and oxygen atoms in total. The third-order valence-corrected chi connectivity index (χ3v) is 6.64. The highest BCUT2D eigenvalue weighted by atomic mass is 19.4. The van der Waals surface area contributed by atoms with Crippen molar-refractivity contribution in [2.45, 2.75) is 12.7 Å². The van der Waals surface area contributed by atoms with Gasteiger partial charge in [0.2, 0.25) is 5.95 Å². The van der Waals surface area contributed by atoms with Gasteiger partial charge >= 0.3 is 12.1 Å². The highest BCUT2D eigenvalue weighted by molar-refractivity contribution is 5.92. The van der Waals surface area contributed by atoms with Crippen LogP contribution in [0.2, 0.25) is 0 Å². The van der Waals surface area contributed by atoms with Crippen molar-refractivity contribution in [3.8, 4) is 0 Å². The second kappa shape index (κ2) is 10.1. The van der Waals surface area contributed by atoms with Crippen LogP contribution < -0.4 is 15.7 Å². The van der Waals surface area contributed by atoms with Gasteiger partial charge in [0.25, 0.3) is 5.91 Å². The van der Waals surface area contributed by atoms with E-state index in [9.17, 15) is 18.0 Å². The van der Waals surface area contributed by atoms with Crippen LogP contribution in [0.15, 0.2) is 42.7 Å². The van der Waals surface area contributed by atoms with Crippen molar-refractivity contribution in [2.75, 3.05) is 24.5 Å². The van der Waals surface area contributed by atoms with Gasteiger partial charge < -0.3 is 19.9 Å². The lowest BCUT2D eigenvalue weighted by molar-refractivity contribution is -0.192. The maximum Gasteiger partial charge on any atom is 0.490 e. The molecule has 5 rings (SSSR count). The highest BCUT2D eigenvalue weighted by Crippen LogP contribution is 2.51. The van der Waals surface area contributed by atoms with Crippen molar-refractivity contribution in [3.05, 3.63) is 54.0 Å². The minimum Gasteiger partial charge on any atom is -0.475 e. The van der Waals surface area contributed by atoms with E-state index in [1.54, 1.807) is 5.48 Å². The summed E-state index contributed by atoms with van der Waals surface area (Å²) in [6.07, 6.45) is -2.19. The maximum absolute atomic E-state index is 11.4. The molecule has 1 aliphatic carbocycles. The number of hydrogen-bond acceptors (Lipinski definition) is 7. The van der Waals surface area contributed by atoms with E-state index in [1.807, 2.05) is 0 Å². The Hall–Kier alpha value is -3.71. The van der Waals surface area contributed by atoms with Crippen LogP contribution in [-0.4, -0.2) is 62.5 Å². The van der Waals surface area contributed by atoms with Gasteiger partial charge in [0, 0.05) is 50.3 Å². The number of aliphatic carboxylic acids is 1. The first-order chi connectivity index (χ1) is 17.1. The van der Waals surface area contributed by atoms with Crippen LogP contribution in [-0.2, 0) is 18.4 Å². The molecule has 1 aromatic carbocycles. The molecule has 0 radical (unpaired) electrons. The lowest BCUT2D eigenvalue weighted by Gasteiger charge is -2.19. The van der Waals surface area contributed by atoms with Gasteiger partial charge in [0.05, 0.1) is 5.56 Å². The van der Waals surface area contributed by atoms with Crippen LogP contribution in [0, 0.1) is 17.8 Å². The van der Waals surface area contributed by atoms with Gasteiger partial charge in [0.15, 0.2) is 0 Å². The van der Waals surface area contributed by atoms with Crippen molar-refractivity contribution < 1.29 is 33.1 Å². The molecular weight excluding hydrogens is 481 g/mol. The molecule has 192 valence electrons. The Balaban J connectivity index is 0.000000384. The van der Waals surface area contributed by atoms with Crippen LogP contribution in [0.4, 0.5) is 19.1 Å². The Morgan fingerprint density at radius 2 is 1.75 bits per heavy atom. The van der Waals surface area contributed by atoms with Gasteiger partial charge in [-0.15, -0.1) is 0 Å². The molecule has 13 heteroatoms. The quantitative estimate of drug-likeness (QED) is 0.296. The number of hydrogen-bond donors (Lipinski definition) is 4. The van der Waals surface area contributed by atoms with Gasteiger partial charge in [-0.25, -0.2) is 20.2 Å². The molecule has 0 bridgehead atoms. The van der Waals surface area contributed by atoms with Crippen LogP contribution in [0.5, 0.6) is 0 Å². The van der Waals surface area contributed by atoms with Crippen molar-refractivity contribution in [1.82, 2.24) is 25.3 Å². The second-order valence-corrected chi connectivity index (χ2v) is 8.80. The first kappa shape index (κ1) is 25.4. The Kier molecular flexibility index (Phi) is 7.13. The fourth-order valence-electron chi connectivity index (χ4n) is 4.66. The number of para-hydroxylation sites is 1. The Labute approximate surface area is 203 Å². The zero-order valence-electron chi connectivity index (χ0n) is 19.2. The number of fused-ring (bicyclic) bond motifs is 2. The molecule has 2 unspecified atom stereocenters. The van der Waals surface area contributed by atoms with E-state index in [4.69, 9.17) is 15.1 Å². The molecule has 1 aliphatic heterocycles. The van der Waals surface area contributed by atoms with Crippen molar-refractivity contribution in [2.24, 2.45) is 24.8 Å². The van der Waals surface area contributed by atoms with Gasteiger partial charge in [-0.05, 0) is 41.8 Å². The number of carboxylic acids is 1. The van der Waals surface area contributed by atoms with Crippen molar-refractivity contribution in [1.29, 1.82) is 0 Å². The predicted molar refractivity (Wildman–Crippen MR) is 122 cm³/mol. The molecule has 2 aromatic heterocycles. The largest absolute Gasteiger partial charge is 0.490 e. The monoisotopic (exact) mass is 506 g/mol. The molecule has 1 saturated heterocycles. The number of carbonyl (C=O) groups is 2. The number of benzene rings is 1. The third kappa shape index (κ3) is 5.41. The fourth-order valence-corrected chi connectivity index (χ4v) is 4.66. The number of nitrogens with one attached hydrogen (secondary N) is 2. The molecule has 36 heavy (non-hydrogen) atoms. The molecule has 2 aliphatic rings. The summed E-state index contributed by atoms with van der Waals surface area (Å²) < 4.78 is 34.0. The average molecular weight is 506 g/mol. The maximum atomic E-state index is 11.4. The van der Waals surface area contributed by atoms with E-state index in [-0.39, 0.29) is 5.56 Å². The van der Waals surface area contributed by atoms with E-state index in [0.717, 1.165) is 26.2 Å². The number of anilines is 1. The highest BCUT2D eigenvalue weighted by Gasteiger charge is 2.55. The second-order valence-electron chi connectivity index (χ2n) is 8.80. The number of amides is 1. The number of alkyl halides is 3. The number of halogens is 3. The molecule has 0 spiro atoms. The van der Waals surface area contributed by atoms with Crippen LogP contribution in [0.1, 0.15) is 16.1 Å². The van der Waals surface area contributed by atoms with E-state index >= 15 is 0 Å². The minimum absolute atomic E-state index is 0.246. The SMILES string of the molecule is Cn1c(CNCC2C3CN(c4ncc(C(=O)NO)cn4)CC23)cc2ccccc21.O=C(O)C(F)(F)F. The van der Waals surface area contributed by atoms with Gasteiger partial charge in [-0.1, -0.05) is 18.2 Å². The van der Waals surface area contributed by atoms with Gasteiger partial charge in [-0.3, -0.25) is 10.0 Å². The summed E-state index contributed by atoms with van der Waals surface area (Å²) >= 11 is 0. The lowest BCUT2D eigenvalue weighted by Crippen LogP contribution is -2.29. The Morgan fingerprint density at radius 3 is 2.31 bits per heavy atom. The lowest BCUT2D eigenvalue weighted by atomic mass is 10.2. The van der Waals surface area contributed by atoms with Crippen LogP contribution >= 0.6 is 0 Å². The van der Waals surface area contributed by atoms with Crippen LogP contribution in [0.3, 0.4) is 0 Å². The normalized spacial score (nSPS) is 20.5. The fraction of sp³-hybridized carbons (Fsp3) is 0.391. The van der Waals surface area contributed by atoms with E-state index < -0.39 is 18.1 Å². The Morgan fingerprint density at radius 1 is 1.14 bits per heavy atom. The van der Waals surface area contributed by atoms with Crippen molar-refractivity contribution >= 4 is 28.7 Å². The molecule has 1 amide bonds. The van der Waals surface area contributed by atoms with E-state index in [1.165, 1.54) is 29.0 Å². The smallest absolute Gasteiger partial charge is 0.475 e. The number of aryl methyl sites for hydroxylation is 1. The summed E-state index contributed by atoms with van der Waals surface area (Å²) in [7, 11) is 2.12. The average Bonchev–Trinajstić information content (AvgIpc) is 3.16. The Bertz CT molecular complexity index is 1230. The number of rotatable bonds is 6. The summed E-state index contributed by atoms with van der Waals surface area (Å²) in [6, 6.07) is 10.7. The van der Waals surface area contributed by atoms with Crippen molar-refractivity contribution in [3.63, 3.8) is 0 Å². The molecular formula is C23H25F3N6O4. The van der Waals surface area contributed by atoms with E-state index in [2.05, 4.69) is 62.1 Å². The van der Waals surface area contributed by atoms with Gasteiger partial charge in [-0.2, -0.15) is 13.2 Å². The van der Waals surface area contributed by atoms with E-state index in [0.29, 0.717) is 23.7 Å². The molecule has 2 atom stereocenters. The molecule has 3 heterocycles. The first-order valence-electron chi connectivity index (χ1n) is 11.2. The predicted octanol–water partition coefficient (Wildman–Crippen LogP) is 2.19.